The SMILES string of the molecule is C.Cl.Nc1ccccn1. The number of halogens is 1. The highest BCUT2D eigenvalue weighted by molar-refractivity contribution is 5.85. The monoisotopic (exact) mass is 146 g/mol. The van der Waals surface area contributed by atoms with Crippen molar-refractivity contribution in [1.29, 1.82) is 0 Å². The number of nitrogens with zero attached hydrogens (tertiary/aromatic N) is 1. The summed E-state index contributed by atoms with van der Waals surface area (Å²) in [5, 5.41) is 0. The lowest BCUT2D eigenvalue weighted by Gasteiger charge is -1.82. The van der Waals surface area contributed by atoms with Gasteiger partial charge in [0, 0.05) is 6.20 Å². The van der Waals surface area contributed by atoms with Gasteiger partial charge in [0.05, 0.1) is 0 Å². The van der Waals surface area contributed by atoms with Gasteiger partial charge in [-0.2, -0.15) is 0 Å². The van der Waals surface area contributed by atoms with Crippen LogP contribution in [0.3, 0.4) is 0 Å². The van der Waals surface area contributed by atoms with Crippen molar-refractivity contribution < 1.29 is 0 Å². The fourth-order valence-electron chi connectivity index (χ4n) is 0.376. The number of hydrogen-bond acceptors (Lipinski definition) is 2. The van der Waals surface area contributed by atoms with Crippen LogP contribution in [-0.2, 0) is 0 Å². The molecule has 0 amide bonds. The van der Waals surface area contributed by atoms with Crippen LogP contribution in [0.15, 0.2) is 24.4 Å². The topological polar surface area (TPSA) is 38.9 Å². The van der Waals surface area contributed by atoms with Crippen molar-refractivity contribution in [2.45, 2.75) is 7.43 Å². The van der Waals surface area contributed by atoms with Crippen LogP contribution >= 0.6 is 12.4 Å². The van der Waals surface area contributed by atoms with Crippen molar-refractivity contribution in [3.63, 3.8) is 0 Å². The van der Waals surface area contributed by atoms with E-state index in [1.54, 1.807) is 12.3 Å². The van der Waals surface area contributed by atoms with E-state index in [9.17, 15) is 0 Å². The maximum Gasteiger partial charge on any atom is 0.123 e. The summed E-state index contributed by atoms with van der Waals surface area (Å²) in [6.07, 6.45) is 1.66. The van der Waals surface area contributed by atoms with E-state index < -0.39 is 0 Å². The zero-order valence-corrected chi connectivity index (χ0v) is 5.06. The molecule has 0 saturated carbocycles. The van der Waals surface area contributed by atoms with Gasteiger partial charge in [0.1, 0.15) is 5.82 Å². The standard InChI is InChI=1S/C5H6N2.CH4.ClH/c6-5-3-1-2-4-7-5;;/h1-4H,(H2,6,7);1H4;1H. The van der Waals surface area contributed by atoms with Crippen molar-refractivity contribution in [2.75, 3.05) is 5.73 Å². The highest BCUT2D eigenvalue weighted by Gasteiger charge is 1.73. The van der Waals surface area contributed by atoms with Crippen molar-refractivity contribution in [2.24, 2.45) is 0 Å². The Morgan fingerprint density at radius 1 is 1.33 bits per heavy atom. The van der Waals surface area contributed by atoms with Gasteiger partial charge in [0.2, 0.25) is 0 Å². The van der Waals surface area contributed by atoms with E-state index in [2.05, 4.69) is 4.98 Å². The van der Waals surface area contributed by atoms with Crippen molar-refractivity contribution in [3.05, 3.63) is 24.4 Å². The molecular weight excluding hydrogens is 136 g/mol. The summed E-state index contributed by atoms with van der Waals surface area (Å²) < 4.78 is 0. The quantitative estimate of drug-likeness (QED) is 0.606. The van der Waals surface area contributed by atoms with Crippen LogP contribution in [0, 0.1) is 0 Å². The highest BCUT2D eigenvalue weighted by Crippen LogP contribution is 1.89. The summed E-state index contributed by atoms with van der Waals surface area (Å²) in [4.78, 5) is 3.76. The van der Waals surface area contributed by atoms with Crippen LogP contribution in [0.1, 0.15) is 7.43 Å². The second-order valence-corrected chi connectivity index (χ2v) is 1.25. The first-order valence-corrected chi connectivity index (χ1v) is 2.06. The minimum Gasteiger partial charge on any atom is -0.384 e. The first kappa shape index (κ1) is 11.1. The molecule has 9 heavy (non-hydrogen) atoms. The van der Waals surface area contributed by atoms with Gasteiger partial charge in [0.15, 0.2) is 0 Å². The van der Waals surface area contributed by atoms with Gasteiger partial charge in [-0.05, 0) is 12.1 Å². The number of nitrogens with two attached hydrogens (primary N) is 1. The van der Waals surface area contributed by atoms with E-state index in [0.717, 1.165) is 0 Å². The number of aromatic nitrogens is 1. The predicted octanol–water partition coefficient (Wildman–Crippen LogP) is 1.72. The molecule has 0 radical (unpaired) electrons. The molecule has 0 aromatic carbocycles. The Bertz CT molecular complexity index is 141. The molecule has 0 bridgehead atoms. The molecule has 1 aromatic heterocycles. The Balaban J connectivity index is 0. The van der Waals surface area contributed by atoms with Crippen LogP contribution in [0.5, 0.6) is 0 Å². The molecule has 0 aliphatic heterocycles. The fourth-order valence-corrected chi connectivity index (χ4v) is 0.376. The summed E-state index contributed by atoms with van der Waals surface area (Å²) in [5.74, 6) is 0.572. The molecule has 1 rings (SSSR count). The van der Waals surface area contributed by atoms with E-state index >= 15 is 0 Å². The summed E-state index contributed by atoms with van der Waals surface area (Å²) >= 11 is 0. The Labute approximate surface area is 61.5 Å². The lowest BCUT2D eigenvalue weighted by atomic mass is 10.5. The molecule has 0 aliphatic rings. The third-order valence-corrected chi connectivity index (χ3v) is 0.688. The third-order valence-electron chi connectivity index (χ3n) is 0.688. The van der Waals surface area contributed by atoms with Crippen molar-refractivity contribution >= 4 is 18.2 Å². The van der Waals surface area contributed by atoms with Crippen LogP contribution in [-0.4, -0.2) is 4.98 Å². The van der Waals surface area contributed by atoms with E-state index in [0.29, 0.717) is 5.82 Å². The van der Waals surface area contributed by atoms with Crippen LogP contribution in [0.4, 0.5) is 5.82 Å². The number of pyridine rings is 1. The van der Waals surface area contributed by atoms with Crippen molar-refractivity contribution in [1.82, 2.24) is 4.98 Å². The molecule has 52 valence electrons. The molecule has 0 atom stereocenters. The largest absolute Gasteiger partial charge is 0.384 e. The zero-order valence-electron chi connectivity index (χ0n) is 4.24. The lowest BCUT2D eigenvalue weighted by Crippen LogP contribution is -1.85. The summed E-state index contributed by atoms with van der Waals surface area (Å²) in [6.45, 7) is 0. The fraction of sp³-hybridized carbons (Fsp3) is 0.167. The Morgan fingerprint density at radius 2 is 2.00 bits per heavy atom. The minimum absolute atomic E-state index is 0. The Hall–Kier alpha value is -0.760. The maximum atomic E-state index is 5.25. The van der Waals surface area contributed by atoms with Crippen LogP contribution in [0.25, 0.3) is 0 Å². The van der Waals surface area contributed by atoms with Gasteiger partial charge in [-0.1, -0.05) is 13.5 Å². The first-order chi connectivity index (χ1) is 3.39. The van der Waals surface area contributed by atoms with Gasteiger partial charge in [-0.15, -0.1) is 12.4 Å². The Kier molecular flexibility index (Phi) is 6.63. The summed E-state index contributed by atoms with van der Waals surface area (Å²) in [7, 11) is 0. The second-order valence-electron chi connectivity index (χ2n) is 1.25. The number of anilines is 1. The maximum absolute atomic E-state index is 5.25. The average molecular weight is 147 g/mol. The highest BCUT2D eigenvalue weighted by atomic mass is 35.5. The van der Waals surface area contributed by atoms with E-state index in [-0.39, 0.29) is 19.8 Å². The van der Waals surface area contributed by atoms with Crippen LogP contribution < -0.4 is 5.73 Å². The molecule has 0 spiro atoms. The summed E-state index contributed by atoms with van der Waals surface area (Å²) in [6, 6.07) is 5.43. The normalized spacial score (nSPS) is 6.67. The molecule has 0 unspecified atom stereocenters. The predicted molar refractivity (Wildman–Crippen MR) is 42.6 cm³/mol. The third kappa shape index (κ3) is 3.79. The van der Waals surface area contributed by atoms with Gasteiger partial charge in [-0.25, -0.2) is 4.98 Å². The molecule has 1 heterocycles. The smallest absolute Gasteiger partial charge is 0.123 e. The molecule has 0 saturated heterocycles. The number of rotatable bonds is 0. The molecule has 1 aromatic rings. The van der Waals surface area contributed by atoms with Gasteiger partial charge in [-0.3, -0.25) is 0 Å². The van der Waals surface area contributed by atoms with Gasteiger partial charge < -0.3 is 5.73 Å². The molecular formula is C6H11ClN2. The Morgan fingerprint density at radius 3 is 2.22 bits per heavy atom. The molecule has 2 N–H and O–H groups in total. The lowest BCUT2D eigenvalue weighted by molar-refractivity contribution is 1.34. The number of hydrogen-bond donors (Lipinski definition) is 1. The number of nitrogen functional groups attached to an aromatic ring is 1. The minimum atomic E-state index is 0. The van der Waals surface area contributed by atoms with Gasteiger partial charge >= 0.3 is 0 Å². The summed E-state index contributed by atoms with van der Waals surface area (Å²) in [5.41, 5.74) is 5.25. The van der Waals surface area contributed by atoms with E-state index in [1.807, 2.05) is 12.1 Å². The van der Waals surface area contributed by atoms with Gasteiger partial charge in [0.25, 0.3) is 0 Å². The van der Waals surface area contributed by atoms with E-state index in [1.165, 1.54) is 0 Å². The van der Waals surface area contributed by atoms with Crippen molar-refractivity contribution in [3.8, 4) is 0 Å². The second kappa shape index (κ2) is 5.38. The first-order valence-electron chi connectivity index (χ1n) is 2.06. The average Bonchev–Trinajstić information content (AvgIpc) is 1.69. The molecule has 0 fully saturated rings. The molecule has 3 heteroatoms. The van der Waals surface area contributed by atoms with Crippen LogP contribution in [0.2, 0.25) is 0 Å². The molecule has 2 nitrogen and oxygen atoms in total. The molecule has 0 aliphatic carbocycles. The zero-order chi connectivity index (χ0) is 5.11. The van der Waals surface area contributed by atoms with E-state index in [4.69, 9.17) is 5.73 Å².